The van der Waals surface area contributed by atoms with Gasteiger partial charge >= 0.3 is 0 Å². The van der Waals surface area contributed by atoms with Gasteiger partial charge < -0.3 is 10.1 Å². The molecule has 1 amide bonds. The molecule has 0 fully saturated rings. The fourth-order valence-corrected chi connectivity index (χ4v) is 2.37. The summed E-state index contributed by atoms with van der Waals surface area (Å²) in [7, 11) is 1.49. The number of benzene rings is 1. The zero-order chi connectivity index (χ0) is 19.5. The van der Waals surface area contributed by atoms with Crippen molar-refractivity contribution in [2.24, 2.45) is 0 Å². The van der Waals surface area contributed by atoms with E-state index >= 15 is 0 Å². The second kappa shape index (κ2) is 7.38. The number of rotatable bonds is 5. The van der Waals surface area contributed by atoms with Gasteiger partial charge in [-0.05, 0) is 23.1 Å². The fourth-order valence-electron chi connectivity index (χ4n) is 2.37. The Morgan fingerprint density at radius 1 is 1.27 bits per heavy atom. The molecule has 0 unspecified atom stereocenters. The normalized spacial score (nSPS) is 11.1. The smallest absolute Gasteiger partial charge is 0.285 e. The zero-order valence-electron chi connectivity index (χ0n) is 15.1. The second-order valence-electron chi connectivity index (χ2n) is 6.82. The van der Waals surface area contributed by atoms with Crippen LogP contribution in [0.25, 0.3) is 0 Å². The van der Waals surface area contributed by atoms with E-state index in [1.807, 2.05) is 32.9 Å². The van der Waals surface area contributed by atoms with Gasteiger partial charge in [-0.3, -0.25) is 24.3 Å². The first-order valence-electron chi connectivity index (χ1n) is 7.95. The molecule has 1 heterocycles. The lowest BCUT2D eigenvalue weighted by molar-refractivity contribution is -0.385. The van der Waals surface area contributed by atoms with E-state index in [-0.39, 0.29) is 17.6 Å². The number of carbonyl (C=O) groups is 1. The predicted molar refractivity (Wildman–Crippen MR) is 97.7 cm³/mol. The minimum Gasteiger partial charge on any atom is -0.495 e. The first kappa shape index (κ1) is 19.2. The van der Waals surface area contributed by atoms with Crippen LogP contribution in [0.3, 0.4) is 0 Å². The van der Waals surface area contributed by atoms with E-state index in [1.54, 1.807) is 6.07 Å². The number of nitrogens with zero attached hydrogens (tertiary/aromatic N) is 2. The number of nitro groups is 1. The number of aromatic nitrogens is 1. The van der Waals surface area contributed by atoms with Gasteiger partial charge in [0.2, 0.25) is 5.91 Å². The van der Waals surface area contributed by atoms with Crippen LogP contribution in [0.1, 0.15) is 26.3 Å². The monoisotopic (exact) mass is 359 g/mol. The summed E-state index contributed by atoms with van der Waals surface area (Å²) in [5.74, 6) is -0.00491. The van der Waals surface area contributed by atoms with Crippen LogP contribution in [-0.2, 0) is 16.8 Å². The molecular formula is C18H21N3O5. The Morgan fingerprint density at radius 3 is 2.54 bits per heavy atom. The highest BCUT2D eigenvalue weighted by Gasteiger charge is 2.17. The van der Waals surface area contributed by atoms with Gasteiger partial charge in [0.25, 0.3) is 11.2 Å². The van der Waals surface area contributed by atoms with E-state index in [0.29, 0.717) is 11.4 Å². The maximum absolute atomic E-state index is 12.3. The number of amides is 1. The third-order valence-corrected chi connectivity index (χ3v) is 3.83. The summed E-state index contributed by atoms with van der Waals surface area (Å²) in [6.45, 7) is 5.79. The van der Waals surface area contributed by atoms with E-state index in [0.717, 1.165) is 28.5 Å². The quantitative estimate of drug-likeness (QED) is 0.653. The molecule has 1 N–H and O–H groups in total. The van der Waals surface area contributed by atoms with Crippen LogP contribution in [0.4, 0.5) is 11.4 Å². The van der Waals surface area contributed by atoms with Crippen molar-refractivity contribution in [2.45, 2.75) is 32.7 Å². The molecule has 0 spiro atoms. The number of hydrogen-bond donors (Lipinski definition) is 1. The molecular weight excluding hydrogens is 338 g/mol. The summed E-state index contributed by atoms with van der Waals surface area (Å²) in [6, 6.07) is 7.65. The van der Waals surface area contributed by atoms with E-state index in [2.05, 4.69) is 5.32 Å². The molecule has 0 saturated carbocycles. The maximum Gasteiger partial charge on any atom is 0.285 e. The Kier molecular flexibility index (Phi) is 5.44. The highest BCUT2D eigenvalue weighted by molar-refractivity contribution is 5.92. The van der Waals surface area contributed by atoms with Gasteiger partial charge in [0.1, 0.15) is 12.3 Å². The lowest BCUT2D eigenvalue weighted by Gasteiger charge is -2.21. The number of methoxy groups -OCH3 is 1. The third-order valence-electron chi connectivity index (χ3n) is 3.83. The summed E-state index contributed by atoms with van der Waals surface area (Å²) in [4.78, 5) is 34.4. The molecule has 8 heteroatoms. The van der Waals surface area contributed by atoms with Crippen LogP contribution in [0.5, 0.6) is 5.75 Å². The predicted octanol–water partition coefficient (Wildman–Crippen LogP) is 2.70. The zero-order valence-corrected chi connectivity index (χ0v) is 15.1. The van der Waals surface area contributed by atoms with Crippen LogP contribution in [0.15, 0.2) is 41.3 Å². The SMILES string of the molecule is COc1ccc(C(C)(C)C)cc1NC(=O)Cn1cc([N+](=O)[O-])ccc1=O. The largest absolute Gasteiger partial charge is 0.495 e. The molecule has 2 rings (SSSR count). The molecule has 0 aliphatic rings. The standard InChI is InChI=1S/C18H21N3O5/c1-18(2,3)12-5-7-15(26-4)14(9-12)19-16(22)11-20-10-13(21(24)25)6-8-17(20)23/h5-10H,11H2,1-4H3,(H,19,22). The van der Waals surface area contributed by atoms with Crippen molar-refractivity contribution in [2.75, 3.05) is 12.4 Å². The average molecular weight is 359 g/mol. The van der Waals surface area contributed by atoms with E-state index < -0.39 is 16.4 Å². The van der Waals surface area contributed by atoms with Crippen LogP contribution in [0.2, 0.25) is 0 Å². The first-order valence-corrected chi connectivity index (χ1v) is 7.95. The Bertz CT molecular complexity index is 896. The molecule has 138 valence electrons. The van der Waals surface area contributed by atoms with Crippen molar-refractivity contribution in [3.8, 4) is 5.75 Å². The molecule has 0 bridgehead atoms. The molecule has 0 aliphatic carbocycles. The number of ether oxygens (including phenoxy) is 1. The average Bonchev–Trinajstić information content (AvgIpc) is 2.55. The van der Waals surface area contributed by atoms with Gasteiger partial charge in [0.05, 0.1) is 23.9 Å². The van der Waals surface area contributed by atoms with Gasteiger partial charge in [-0.2, -0.15) is 0 Å². The minimum absolute atomic E-state index is 0.122. The summed E-state index contributed by atoms with van der Waals surface area (Å²) in [5, 5.41) is 13.5. The Morgan fingerprint density at radius 2 is 1.96 bits per heavy atom. The maximum atomic E-state index is 12.3. The van der Waals surface area contributed by atoms with Crippen LogP contribution < -0.4 is 15.6 Å². The molecule has 0 radical (unpaired) electrons. The number of pyridine rings is 1. The van der Waals surface area contributed by atoms with Gasteiger partial charge in [-0.25, -0.2) is 0 Å². The van der Waals surface area contributed by atoms with Gasteiger partial charge in [0, 0.05) is 12.1 Å². The molecule has 26 heavy (non-hydrogen) atoms. The number of carbonyl (C=O) groups excluding carboxylic acids is 1. The lowest BCUT2D eigenvalue weighted by Crippen LogP contribution is -2.27. The number of hydrogen-bond acceptors (Lipinski definition) is 5. The van der Waals surface area contributed by atoms with Crippen molar-refractivity contribution >= 4 is 17.3 Å². The van der Waals surface area contributed by atoms with Crippen molar-refractivity contribution in [3.05, 3.63) is 62.6 Å². The topological polar surface area (TPSA) is 103 Å². The number of anilines is 1. The molecule has 1 aromatic heterocycles. The van der Waals surface area contributed by atoms with Crippen molar-refractivity contribution in [1.82, 2.24) is 4.57 Å². The van der Waals surface area contributed by atoms with Crippen molar-refractivity contribution in [3.63, 3.8) is 0 Å². The van der Waals surface area contributed by atoms with Gasteiger partial charge in [-0.1, -0.05) is 26.8 Å². The van der Waals surface area contributed by atoms with Crippen LogP contribution >= 0.6 is 0 Å². The Balaban J connectivity index is 2.26. The first-order chi connectivity index (χ1) is 12.1. The van der Waals surface area contributed by atoms with Crippen molar-refractivity contribution in [1.29, 1.82) is 0 Å². The molecule has 0 atom stereocenters. The van der Waals surface area contributed by atoms with Gasteiger partial charge in [-0.15, -0.1) is 0 Å². The molecule has 0 saturated heterocycles. The number of nitrogens with one attached hydrogen (secondary N) is 1. The van der Waals surface area contributed by atoms with E-state index in [4.69, 9.17) is 4.74 Å². The summed E-state index contributed by atoms with van der Waals surface area (Å²) in [6.07, 6.45) is 1.05. The Hall–Kier alpha value is -3.16. The molecule has 1 aromatic carbocycles. The van der Waals surface area contributed by atoms with E-state index in [1.165, 1.54) is 7.11 Å². The van der Waals surface area contributed by atoms with E-state index in [9.17, 15) is 19.7 Å². The third kappa shape index (κ3) is 4.47. The van der Waals surface area contributed by atoms with Crippen molar-refractivity contribution < 1.29 is 14.5 Å². The van der Waals surface area contributed by atoms with Gasteiger partial charge in [0.15, 0.2) is 0 Å². The summed E-state index contributed by atoms with van der Waals surface area (Å²) < 4.78 is 6.26. The summed E-state index contributed by atoms with van der Waals surface area (Å²) >= 11 is 0. The molecule has 0 aliphatic heterocycles. The lowest BCUT2D eigenvalue weighted by atomic mass is 9.87. The Labute approximate surface area is 150 Å². The summed E-state index contributed by atoms with van der Waals surface area (Å²) in [5.41, 5.74) is 0.596. The molecule has 2 aromatic rings. The van der Waals surface area contributed by atoms with Crippen LogP contribution in [-0.4, -0.2) is 22.5 Å². The molecule has 8 nitrogen and oxygen atoms in total. The fraction of sp³-hybridized carbons (Fsp3) is 0.333. The minimum atomic E-state index is -0.621. The van der Waals surface area contributed by atoms with Crippen LogP contribution in [0, 0.1) is 10.1 Å². The highest BCUT2D eigenvalue weighted by atomic mass is 16.6. The second-order valence-corrected chi connectivity index (χ2v) is 6.82. The highest BCUT2D eigenvalue weighted by Crippen LogP contribution is 2.31.